The fraction of sp³-hybridized carbons (Fsp3) is 0.538. The quantitative estimate of drug-likeness (QED) is 0.929. The first-order valence-corrected chi connectivity index (χ1v) is 8.35. The van der Waals surface area contributed by atoms with Crippen molar-refractivity contribution in [2.24, 2.45) is 11.7 Å². The molecule has 1 heterocycles. The smallest absolute Gasteiger partial charge is 0.245 e. The molecule has 7 heteroatoms. The fourth-order valence-corrected chi connectivity index (χ4v) is 4.18. The number of rotatable bonds is 3. The van der Waals surface area contributed by atoms with E-state index in [1.165, 1.54) is 16.4 Å². The lowest BCUT2D eigenvalue weighted by Crippen LogP contribution is -2.45. The number of nitrogens with zero attached hydrogens (tertiary/aromatic N) is 1. The lowest BCUT2D eigenvalue weighted by molar-refractivity contribution is 0.242. The van der Waals surface area contributed by atoms with Crippen molar-refractivity contribution in [3.8, 4) is 0 Å². The van der Waals surface area contributed by atoms with E-state index in [1.807, 2.05) is 6.92 Å². The second-order valence-corrected chi connectivity index (χ2v) is 7.54. The van der Waals surface area contributed by atoms with Gasteiger partial charge in [-0.15, -0.1) is 0 Å². The van der Waals surface area contributed by atoms with E-state index in [1.54, 1.807) is 0 Å². The summed E-state index contributed by atoms with van der Waals surface area (Å²) in [4.78, 5) is -0.327. The van der Waals surface area contributed by atoms with Crippen molar-refractivity contribution < 1.29 is 12.8 Å². The van der Waals surface area contributed by atoms with Crippen LogP contribution in [0.5, 0.6) is 0 Å². The van der Waals surface area contributed by atoms with Crippen molar-refractivity contribution in [1.82, 2.24) is 4.31 Å². The summed E-state index contributed by atoms with van der Waals surface area (Å²) in [6.45, 7) is 2.60. The third-order valence-corrected chi connectivity index (χ3v) is 5.81. The van der Waals surface area contributed by atoms with E-state index < -0.39 is 15.8 Å². The molecule has 1 aliphatic rings. The largest absolute Gasteiger partial charge is 0.328 e. The standard InChI is InChI=1S/C13H18ClFN2O2S/c1-9(16)10-3-2-6-17(8-10)20(18,19)13-5-4-11(14)7-12(13)15/h4-5,7,9-10H,2-3,6,8,16H2,1H3/t9-,10-/m1/s1. The lowest BCUT2D eigenvalue weighted by Gasteiger charge is -2.33. The van der Waals surface area contributed by atoms with E-state index in [-0.39, 0.29) is 21.9 Å². The summed E-state index contributed by atoms with van der Waals surface area (Å²) in [5, 5.41) is 0.175. The number of nitrogens with two attached hydrogens (primary N) is 1. The van der Waals surface area contributed by atoms with E-state index in [0.29, 0.717) is 13.1 Å². The fourth-order valence-electron chi connectivity index (χ4n) is 2.44. The number of benzene rings is 1. The highest BCUT2D eigenvalue weighted by Crippen LogP contribution is 2.27. The molecule has 0 saturated carbocycles. The Morgan fingerprint density at radius 3 is 2.80 bits per heavy atom. The van der Waals surface area contributed by atoms with Crippen LogP contribution in [0.1, 0.15) is 19.8 Å². The summed E-state index contributed by atoms with van der Waals surface area (Å²) in [5.74, 6) is -0.714. The molecule has 0 radical (unpaired) electrons. The van der Waals surface area contributed by atoms with Gasteiger partial charge in [0.15, 0.2) is 0 Å². The summed E-state index contributed by atoms with van der Waals surface area (Å²) >= 11 is 5.65. The SMILES string of the molecule is C[C@@H](N)[C@@H]1CCCN(S(=O)(=O)c2ccc(Cl)cc2F)C1. The first kappa shape index (κ1) is 15.7. The molecule has 4 nitrogen and oxygen atoms in total. The van der Waals surface area contributed by atoms with Crippen LogP contribution in [0.3, 0.4) is 0 Å². The monoisotopic (exact) mass is 320 g/mol. The second-order valence-electron chi connectivity index (χ2n) is 5.20. The van der Waals surface area contributed by atoms with E-state index in [0.717, 1.165) is 18.9 Å². The summed E-state index contributed by atoms with van der Waals surface area (Å²) in [6.07, 6.45) is 1.63. The van der Waals surface area contributed by atoms with Crippen LogP contribution in [0, 0.1) is 11.7 Å². The highest BCUT2D eigenvalue weighted by Gasteiger charge is 2.33. The molecule has 0 spiro atoms. The molecule has 1 aromatic carbocycles. The zero-order valence-electron chi connectivity index (χ0n) is 11.2. The molecular formula is C13H18ClFN2O2S. The Bertz CT molecular complexity index is 592. The Hall–Kier alpha value is -0.690. The molecule has 0 bridgehead atoms. The van der Waals surface area contributed by atoms with Crippen molar-refractivity contribution in [2.75, 3.05) is 13.1 Å². The minimum Gasteiger partial charge on any atom is -0.328 e. The topological polar surface area (TPSA) is 63.4 Å². The van der Waals surface area contributed by atoms with E-state index >= 15 is 0 Å². The first-order chi connectivity index (χ1) is 9.32. The van der Waals surface area contributed by atoms with Gasteiger partial charge < -0.3 is 5.73 Å². The summed E-state index contributed by atoms with van der Waals surface area (Å²) in [6, 6.07) is 3.53. The summed E-state index contributed by atoms with van der Waals surface area (Å²) in [7, 11) is -3.83. The maximum Gasteiger partial charge on any atom is 0.245 e. The van der Waals surface area contributed by atoms with Gasteiger partial charge in [-0.3, -0.25) is 0 Å². The van der Waals surface area contributed by atoms with Crippen LogP contribution in [-0.2, 0) is 10.0 Å². The molecule has 2 N–H and O–H groups in total. The average molecular weight is 321 g/mol. The van der Waals surface area contributed by atoms with E-state index in [4.69, 9.17) is 17.3 Å². The Morgan fingerprint density at radius 2 is 2.20 bits per heavy atom. The van der Waals surface area contributed by atoms with Crippen LogP contribution in [0.4, 0.5) is 4.39 Å². The summed E-state index contributed by atoms with van der Waals surface area (Å²) < 4.78 is 40.1. The lowest BCUT2D eigenvalue weighted by atomic mass is 9.93. The van der Waals surface area contributed by atoms with Gasteiger partial charge in [0.25, 0.3) is 0 Å². The number of sulfonamides is 1. The molecule has 1 aliphatic heterocycles. The third kappa shape index (κ3) is 3.14. The van der Waals surface area contributed by atoms with Gasteiger partial charge in [-0.2, -0.15) is 4.31 Å². The first-order valence-electron chi connectivity index (χ1n) is 6.53. The minimum atomic E-state index is -3.83. The molecule has 0 unspecified atom stereocenters. The number of hydrogen-bond donors (Lipinski definition) is 1. The van der Waals surface area contributed by atoms with Gasteiger partial charge in [-0.25, -0.2) is 12.8 Å². The van der Waals surface area contributed by atoms with Gasteiger partial charge in [0, 0.05) is 24.2 Å². The minimum absolute atomic E-state index is 0.0805. The van der Waals surface area contributed by atoms with Crippen LogP contribution in [0.15, 0.2) is 23.1 Å². The van der Waals surface area contributed by atoms with Crippen LogP contribution in [0.2, 0.25) is 5.02 Å². The third-order valence-electron chi connectivity index (χ3n) is 3.68. The molecule has 2 atom stereocenters. The van der Waals surface area contributed by atoms with Gasteiger partial charge in [-0.05, 0) is 43.9 Å². The molecule has 0 amide bonds. The van der Waals surface area contributed by atoms with Crippen LogP contribution in [0.25, 0.3) is 0 Å². The molecule has 0 aromatic heterocycles. The normalized spacial score (nSPS) is 22.7. The molecule has 112 valence electrons. The Morgan fingerprint density at radius 1 is 1.50 bits per heavy atom. The Balaban J connectivity index is 2.30. The highest BCUT2D eigenvalue weighted by atomic mass is 35.5. The molecule has 1 saturated heterocycles. The van der Waals surface area contributed by atoms with Crippen LogP contribution < -0.4 is 5.73 Å². The number of hydrogen-bond acceptors (Lipinski definition) is 3. The van der Waals surface area contributed by atoms with Crippen molar-refractivity contribution in [2.45, 2.75) is 30.7 Å². The predicted molar refractivity (Wildman–Crippen MR) is 76.5 cm³/mol. The average Bonchev–Trinajstić information content (AvgIpc) is 2.38. The van der Waals surface area contributed by atoms with Gasteiger partial charge >= 0.3 is 0 Å². The molecule has 0 aliphatic carbocycles. The molecule has 20 heavy (non-hydrogen) atoms. The van der Waals surface area contributed by atoms with Crippen molar-refractivity contribution in [3.05, 3.63) is 29.0 Å². The van der Waals surface area contributed by atoms with Crippen molar-refractivity contribution in [3.63, 3.8) is 0 Å². The van der Waals surface area contributed by atoms with Crippen LogP contribution in [-0.4, -0.2) is 31.9 Å². The van der Waals surface area contributed by atoms with E-state index in [9.17, 15) is 12.8 Å². The van der Waals surface area contributed by atoms with Crippen molar-refractivity contribution >= 4 is 21.6 Å². The Kier molecular flexibility index (Phi) is 4.69. The maximum atomic E-state index is 13.8. The Labute approximate surface area is 123 Å². The molecule has 1 aromatic rings. The van der Waals surface area contributed by atoms with Gasteiger partial charge in [0.2, 0.25) is 10.0 Å². The van der Waals surface area contributed by atoms with Gasteiger partial charge in [0.05, 0.1) is 0 Å². The molecular weight excluding hydrogens is 303 g/mol. The summed E-state index contributed by atoms with van der Waals surface area (Å²) in [5.41, 5.74) is 5.85. The van der Waals surface area contributed by atoms with E-state index in [2.05, 4.69) is 0 Å². The number of halogens is 2. The van der Waals surface area contributed by atoms with Gasteiger partial charge in [0.1, 0.15) is 10.7 Å². The second kappa shape index (κ2) is 5.97. The van der Waals surface area contributed by atoms with Crippen LogP contribution >= 0.6 is 11.6 Å². The molecule has 1 fully saturated rings. The van der Waals surface area contributed by atoms with Crippen molar-refractivity contribution in [1.29, 1.82) is 0 Å². The number of piperidine rings is 1. The highest BCUT2D eigenvalue weighted by molar-refractivity contribution is 7.89. The predicted octanol–water partition coefficient (Wildman–Crippen LogP) is 2.23. The van der Waals surface area contributed by atoms with Gasteiger partial charge in [-0.1, -0.05) is 11.6 Å². The zero-order valence-corrected chi connectivity index (χ0v) is 12.8. The maximum absolute atomic E-state index is 13.8. The zero-order chi connectivity index (χ0) is 14.9. The molecule has 2 rings (SSSR count).